The van der Waals surface area contributed by atoms with E-state index >= 15 is 0 Å². The number of halogens is 1. The minimum atomic E-state index is -0.166. The summed E-state index contributed by atoms with van der Waals surface area (Å²) in [6, 6.07) is 13.2. The lowest BCUT2D eigenvalue weighted by Gasteiger charge is -2.22. The molecule has 27 heavy (non-hydrogen) atoms. The van der Waals surface area contributed by atoms with E-state index in [1.54, 1.807) is 26.0 Å². The highest BCUT2D eigenvalue weighted by molar-refractivity contribution is 8.00. The first-order valence-corrected chi connectivity index (χ1v) is 10.2. The van der Waals surface area contributed by atoms with Crippen LogP contribution in [0.4, 0.5) is 0 Å². The molecule has 0 aliphatic rings. The van der Waals surface area contributed by atoms with Crippen LogP contribution < -0.4 is 14.8 Å². The Balaban J connectivity index is 2.11. The highest BCUT2D eigenvalue weighted by Gasteiger charge is 2.22. The lowest BCUT2D eigenvalue weighted by Crippen LogP contribution is -2.35. The molecule has 6 heteroatoms. The number of ether oxygens (including phenoxy) is 2. The summed E-state index contributed by atoms with van der Waals surface area (Å²) in [4.78, 5) is 13.9. The Labute approximate surface area is 170 Å². The maximum Gasteiger partial charge on any atom is 0.233 e. The van der Waals surface area contributed by atoms with E-state index in [0.717, 1.165) is 23.3 Å². The van der Waals surface area contributed by atoms with Crippen molar-refractivity contribution in [2.45, 2.75) is 42.9 Å². The first kappa shape index (κ1) is 21.5. The van der Waals surface area contributed by atoms with Crippen molar-refractivity contribution < 1.29 is 14.3 Å². The second-order valence-electron chi connectivity index (χ2n) is 6.05. The summed E-state index contributed by atoms with van der Waals surface area (Å²) in [5.74, 6) is 1.36. The Morgan fingerprint density at radius 2 is 1.70 bits per heavy atom. The van der Waals surface area contributed by atoms with Crippen LogP contribution in [-0.2, 0) is 4.79 Å². The van der Waals surface area contributed by atoms with Crippen molar-refractivity contribution in [1.82, 2.24) is 5.32 Å². The zero-order valence-corrected chi connectivity index (χ0v) is 17.7. The molecule has 2 atom stereocenters. The average Bonchev–Trinajstić information content (AvgIpc) is 2.70. The van der Waals surface area contributed by atoms with Gasteiger partial charge in [-0.2, -0.15) is 0 Å². The second-order valence-corrected chi connectivity index (χ2v) is 7.77. The molecular formula is C21H26ClNO3S. The summed E-state index contributed by atoms with van der Waals surface area (Å²) in [6.07, 6.45) is 1.52. The first-order valence-electron chi connectivity index (χ1n) is 8.96. The van der Waals surface area contributed by atoms with Crippen molar-refractivity contribution in [2.75, 3.05) is 14.2 Å². The molecule has 0 saturated carbocycles. The summed E-state index contributed by atoms with van der Waals surface area (Å²) in [5, 5.41) is 3.70. The van der Waals surface area contributed by atoms with Crippen LogP contribution in [0.15, 0.2) is 47.4 Å². The van der Waals surface area contributed by atoms with Gasteiger partial charge in [0.1, 0.15) is 0 Å². The van der Waals surface area contributed by atoms with Crippen LogP contribution in [0, 0.1) is 0 Å². The third-order valence-corrected chi connectivity index (χ3v) is 5.92. The molecule has 0 unspecified atom stereocenters. The fourth-order valence-electron chi connectivity index (χ4n) is 2.76. The number of thioether (sulfide) groups is 1. The highest BCUT2D eigenvalue weighted by atomic mass is 35.5. The van der Waals surface area contributed by atoms with E-state index in [2.05, 4.69) is 12.2 Å². The molecule has 0 aliphatic heterocycles. The van der Waals surface area contributed by atoms with E-state index in [4.69, 9.17) is 21.1 Å². The van der Waals surface area contributed by atoms with Gasteiger partial charge in [-0.1, -0.05) is 31.5 Å². The van der Waals surface area contributed by atoms with E-state index in [1.807, 2.05) is 49.4 Å². The third kappa shape index (κ3) is 5.81. The van der Waals surface area contributed by atoms with Crippen molar-refractivity contribution in [3.05, 3.63) is 53.1 Å². The number of methoxy groups -OCH3 is 2. The fraction of sp³-hybridized carbons (Fsp3) is 0.381. The van der Waals surface area contributed by atoms with Crippen molar-refractivity contribution in [2.24, 2.45) is 0 Å². The van der Waals surface area contributed by atoms with Gasteiger partial charge in [0.2, 0.25) is 5.91 Å². The minimum Gasteiger partial charge on any atom is -0.493 e. The summed E-state index contributed by atoms with van der Waals surface area (Å²) < 4.78 is 10.7. The number of hydrogen-bond acceptors (Lipinski definition) is 4. The molecule has 0 heterocycles. The molecule has 2 aromatic rings. The Bertz CT molecular complexity index is 752. The number of benzene rings is 2. The largest absolute Gasteiger partial charge is 0.493 e. The summed E-state index contributed by atoms with van der Waals surface area (Å²) in [7, 11) is 3.22. The quantitative estimate of drug-likeness (QED) is 0.558. The predicted octanol–water partition coefficient (Wildman–Crippen LogP) is 5.50. The van der Waals surface area contributed by atoms with Gasteiger partial charge in [0, 0.05) is 9.92 Å². The van der Waals surface area contributed by atoms with Crippen LogP contribution in [0.2, 0.25) is 5.02 Å². The Kier molecular flexibility index (Phi) is 8.32. The molecule has 1 N–H and O–H groups in total. The molecule has 0 radical (unpaired) electrons. The van der Waals surface area contributed by atoms with Gasteiger partial charge >= 0.3 is 0 Å². The third-order valence-electron chi connectivity index (χ3n) is 4.29. The van der Waals surface area contributed by atoms with Crippen LogP contribution in [0.1, 0.15) is 38.3 Å². The van der Waals surface area contributed by atoms with Crippen LogP contribution in [0.3, 0.4) is 0 Å². The molecule has 0 spiro atoms. The van der Waals surface area contributed by atoms with Gasteiger partial charge in [0.15, 0.2) is 11.5 Å². The van der Waals surface area contributed by atoms with Crippen LogP contribution in [0.25, 0.3) is 0 Å². The second kappa shape index (κ2) is 10.5. The smallest absolute Gasteiger partial charge is 0.233 e. The number of carbonyl (C=O) groups is 1. The van der Waals surface area contributed by atoms with E-state index in [0.29, 0.717) is 16.5 Å². The lowest BCUT2D eigenvalue weighted by atomic mass is 10.0. The first-order chi connectivity index (χ1) is 13.0. The summed E-state index contributed by atoms with van der Waals surface area (Å²) >= 11 is 7.49. The van der Waals surface area contributed by atoms with Crippen molar-refractivity contribution in [1.29, 1.82) is 0 Å². The van der Waals surface area contributed by atoms with Crippen LogP contribution in [-0.4, -0.2) is 25.4 Å². The molecule has 0 fully saturated rings. The Morgan fingerprint density at radius 1 is 1.04 bits per heavy atom. The normalized spacial score (nSPS) is 12.9. The zero-order valence-electron chi connectivity index (χ0n) is 16.1. The lowest BCUT2D eigenvalue weighted by molar-refractivity contribution is -0.121. The van der Waals surface area contributed by atoms with E-state index < -0.39 is 0 Å². The van der Waals surface area contributed by atoms with Gasteiger partial charge in [-0.3, -0.25) is 4.79 Å². The van der Waals surface area contributed by atoms with Crippen molar-refractivity contribution in [3.63, 3.8) is 0 Å². The van der Waals surface area contributed by atoms with Crippen molar-refractivity contribution in [3.8, 4) is 11.5 Å². The van der Waals surface area contributed by atoms with E-state index in [1.165, 1.54) is 0 Å². The van der Waals surface area contributed by atoms with Gasteiger partial charge in [-0.05, 0) is 54.8 Å². The number of hydrogen-bond donors (Lipinski definition) is 1. The number of carbonyl (C=O) groups excluding carboxylic acids is 1. The molecule has 0 aromatic heterocycles. The minimum absolute atomic E-state index is 0.0269. The van der Waals surface area contributed by atoms with E-state index in [-0.39, 0.29) is 17.2 Å². The number of amides is 1. The molecule has 4 nitrogen and oxygen atoms in total. The monoisotopic (exact) mass is 407 g/mol. The maximum absolute atomic E-state index is 12.9. The standard InChI is InChI=1S/C21H26ClNO3S/c1-5-17(14-7-12-18(25-3)19(13-14)26-4)23-21(24)20(6-2)27-16-10-8-15(22)9-11-16/h7-13,17,20H,5-6H2,1-4H3,(H,23,24)/t17-,20+/m0/s1. The predicted molar refractivity (Wildman–Crippen MR) is 112 cm³/mol. The topological polar surface area (TPSA) is 47.6 Å². The molecule has 2 rings (SSSR count). The maximum atomic E-state index is 12.9. The molecule has 0 saturated heterocycles. The molecular weight excluding hydrogens is 382 g/mol. The molecule has 1 amide bonds. The van der Waals surface area contributed by atoms with Gasteiger partial charge in [-0.25, -0.2) is 0 Å². The summed E-state index contributed by atoms with van der Waals surface area (Å²) in [5.41, 5.74) is 0.995. The van der Waals surface area contributed by atoms with E-state index in [9.17, 15) is 4.79 Å². The Morgan fingerprint density at radius 3 is 2.26 bits per heavy atom. The number of nitrogens with one attached hydrogen (secondary N) is 1. The fourth-order valence-corrected chi connectivity index (χ4v) is 3.84. The molecule has 2 aromatic carbocycles. The van der Waals surface area contributed by atoms with Crippen LogP contribution >= 0.6 is 23.4 Å². The van der Waals surface area contributed by atoms with Gasteiger partial charge in [0.05, 0.1) is 25.5 Å². The van der Waals surface area contributed by atoms with Gasteiger partial charge in [-0.15, -0.1) is 11.8 Å². The van der Waals surface area contributed by atoms with Gasteiger partial charge in [0.25, 0.3) is 0 Å². The van der Waals surface area contributed by atoms with Crippen molar-refractivity contribution >= 4 is 29.3 Å². The molecule has 146 valence electrons. The zero-order chi connectivity index (χ0) is 19.8. The average molecular weight is 408 g/mol. The SMILES string of the molecule is CC[C@H](NC(=O)[C@@H](CC)Sc1ccc(Cl)cc1)c1ccc(OC)c(OC)c1. The van der Waals surface area contributed by atoms with Gasteiger partial charge < -0.3 is 14.8 Å². The number of rotatable bonds is 9. The molecule has 0 bridgehead atoms. The van der Waals surface area contributed by atoms with Crippen LogP contribution in [0.5, 0.6) is 11.5 Å². The summed E-state index contributed by atoms with van der Waals surface area (Å²) in [6.45, 7) is 4.07. The highest BCUT2D eigenvalue weighted by Crippen LogP contribution is 2.32. The Hall–Kier alpha value is -1.85. The molecule has 0 aliphatic carbocycles.